The normalized spacial score (nSPS) is 12.1. The number of rotatable bonds is 7. The van der Waals surface area contributed by atoms with Crippen molar-refractivity contribution in [2.75, 3.05) is 13.1 Å². The average Bonchev–Trinajstić information content (AvgIpc) is 2.70. The molecule has 0 atom stereocenters. The number of quaternary nitrogens is 1. The minimum Gasteiger partial charge on any atom is -0.507 e. The van der Waals surface area contributed by atoms with Crippen molar-refractivity contribution >= 4 is 11.0 Å². The molecule has 0 radical (unpaired) electrons. The zero-order valence-electron chi connectivity index (χ0n) is 17.0. The second-order valence-corrected chi connectivity index (χ2v) is 7.37. The lowest BCUT2D eigenvalue weighted by molar-refractivity contribution is -0.913. The van der Waals surface area contributed by atoms with Gasteiger partial charge in [0.25, 0.3) is 0 Å². The summed E-state index contributed by atoms with van der Waals surface area (Å²) < 4.78 is 47.0. The highest BCUT2D eigenvalue weighted by molar-refractivity contribution is 5.86. The molecule has 1 aromatic heterocycles. The van der Waals surface area contributed by atoms with E-state index in [2.05, 4.69) is 0 Å². The first-order valence-corrected chi connectivity index (χ1v) is 10.1. The van der Waals surface area contributed by atoms with Crippen LogP contribution in [0.25, 0.3) is 22.1 Å². The summed E-state index contributed by atoms with van der Waals surface area (Å²) in [6, 6.07) is 10.4. The smallest absolute Gasteiger partial charge is 0.450 e. The van der Waals surface area contributed by atoms with E-state index in [1.54, 1.807) is 18.2 Å². The van der Waals surface area contributed by atoms with Crippen molar-refractivity contribution in [3.63, 3.8) is 0 Å². The van der Waals surface area contributed by atoms with Gasteiger partial charge in [-0.2, -0.15) is 13.2 Å². The number of nitrogens with one attached hydrogen (secondary N) is 1. The number of phenolic OH excluding ortho intramolecular Hbond substituents is 1. The van der Waals surface area contributed by atoms with Gasteiger partial charge in [-0.15, -0.1) is 0 Å². The highest BCUT2D eigenvalue weighted by atomic mass is 19.4. The molecule has 0 saturated carbocycles. The Morgan fingerprint density at radius 1 is 1.00 bits per heavy atom. The van der Waals surface area contributed by atoms with Gasteiger partial charge in [-0.3, -0.25) is 4.79 Å². The van der Waals surface area contributed by atoms with E-state index in [0.29, 0.717) is 0 Å². The molecule has 0 aliphatic rings. The fourth-order valence-electron chi connectivity index (χ4n) is 3.80. The van der Waals surface area contributed by atoms with E-state index in [1.807, 2.05) is 13.8 Å². The van der Waals surface area contributed by atoms with E-state index >= 15 is 0 Å². The molecule has 2 N–H and O–H groups in total. The van der Waals surface area contributed by atoms with Gasteiger partial charge in [-0.1, -0.05) is 44.2 Å². The summed E-state index contributed by atoms with van der Waals surface area (Å²) in [6.45, 7) is 5.90. The van der Waals surface area contributed by atoms with Crippen molar-refractivity contribution in [1.82, 2.24) is 0 Å². The second-order valence-electron chi connectivity index (χ2n) is 7.37. The van der Waals surface area contributed by atoms with Crippen LogP contribution in [0.5, 0.6) is 5.75 Å². The molecule has 30 heavy (non-hydrogen) atoms. The summed E-state index contributed by atoms with van der Waals surface area (Å²) in [5.41, 5.74) is -1.11. The van der Waals surface area contributed by atoms with Gasteiger partial charge < -0.3 is 14.4 Å². The van der Waals surface area contributed by atoms with Crippen LogP contribution in [0.15, 0.2) is 51.7 Å². The van der Waals surface area contributed by atoms with Crippen molar-refractivity contribution in [2.24, 2.45) is 0 Å². The van der Waals surface area contributed by atoms with E-state index in [-0.39, 0.29) is 34.4 Å². The third-order valence-electron chi connectivity index (χ3n) is 5.09. The van der Waals surface area contributed by atoms with E-state index in [4.69, 9.17) is 4.42 Å². The lowest BCUT2D eigenvalue weighted by atomic mass is 10.00. The topological polar surface area (TPSA) is 54.9 Å². The Kier molecular flexibility index (Phi) is 6.51. The number of halogens is 3. The molecule has 3 rings (SSSR count). The van der Waals surface area contributed by atoms with Crippen molar-refractivity contribution in [3.05, 3.63) is 64.0 Å². The lowest BCUT2D eigenvalue weighted by Gasteiger charge is -2.20. The molecule has 4 nitrogen and oxygen atoms in total. The van der Waals surface area contributed by atoms with Crippen LogP contribution in [-0.4, -0.2) is 18.2 Å². The van der Waals surface area contributed by atoms with Crippen molar-refractivity contribution in [2.45, 2.75) is 39.4 Å². The quantitative estimate of drug-likeness (QED) is 0.596. The van der Waals surface area contributed by atoms with Gasteiger partial charge in [0.2, 0.25) is 11.2 Å². The van der Waals surface area contributed by atoms with E-state index in [9.17, 15) is 23.1 Å². The van der Waals surface area contributed by atoms with Gasteiger partial charge >= 0.3 is 6.18 Å². The number of phenols is 1. The lowest BCUT2D eigenvalue weighted by Crippen LogP contribution is -3.10. The van der Waals surface area contributed by atoms with Crippen LogP contribution < -0.4 is 10.3 Å². The second kappa shape index (κ2) is 8.92. The average molecular weight is 420 g/mol. The number of aromatic hydroxyl groups is 1. The molecule has 0 bridgehead atoms. The first-order chi connectivity index (χ1) is 14.3. The number of alkyl halides is 3. The van der Waals surface area contributed by atoms with Gasteiger partial charge in [-0.25, -0.2) is 0 Å². The molecule has 3 aromatic rings. The van der Waals surface area contributed by atoms with Crippen LogP contribution in [0.4, 0.5) is 13.2 Å². The van der Waals surface area contributed by atoms with Crippen molar-refractivity contribution < 1.29 is 27.6 Å². The molecule has 160 valence electrons. The first-order valence-electron chi connectivity index (χ1n) is 10.1. The van der Waals surface area contributed by atoms with Crippen LogP contribution in [0.3, 0.4) is 0 Å². The minimum absolute atomic E-state index is 0.0296. The number of hydrogen-bond donors (Lipinski definition) is 2. The summed E-state index contributed by atoms with van der Waals surface area (Å²) in [5.74, 6) is -1.51. The molecular formula is C23H25F3NO3+. The maximum atomic E-state index is 13.9. The standard InChI is InChI=1S/C23H24F3NO3/c1-3-12-27(13-4-2)14-17-18(28)11-10-16-20(29)19(15-8-6-5-7-9-15)22(23(24,25)26)30-21(16)17/h5-11,28H,3-4,12-14H2,1-2H3/p+1. The molecular weight excluding hydrogens is 395 g/mol. The Morgan fingerprint density at radius 3 is 2.20 bits per heavy atom. The van der Waals surface area contributed by atoms with Gasteiger partial charge in [0, 0.05) is 0 Å². The van der Waals surface area contributed by atoms with Crippen LogP contribution in [0.2, 0.25) is 0 Å². The molecule has 0 fully saturated rings. The monoisotopic (exact) mass is 420 g/mol. The molecule has 0 unspecified atom stereocenters. The van der Waals surface area contributed by atoms with Crippen molar-refractivity contribution in [3.8, 4) is 16.9 Å². The van der Waals surface area contributed by atoms with Crippen LogP contribution in [-0.2, 0) is 12.7 Å². The van der Waals surface area contributed by atoms with Gasteiger partial charge in [-0.05, 0) is 30.5 Å². The highest BCUT2D eigenvalue weighted by Gasteiger charge is 2.40. The number of benzene rings is 2. The Morgan fingerprint density at radius 2 is 1.63 bits per heavy atom. The Bertz CT molecular complexity index is 1070. The number of hydrogen-bond acceptors (Lipinski definition) is 3. The molecule has 2 aromatic carbocycles. The summed E-state index contributed by atoms with van der Waals surface area (Å²) in [5, 5.41) is 10.4. The first kappa shape index (κ1) is 21.9. The molecule has 1 heterocycles. The summed E-state index contributed by atoms with van der Waals surface area (Å²) in [6.07, 6.45) is -3.09. The van der Waals surface area contributed by atoms with Gasteiger partial charge in [0.05, 0.1) is 29.6 Å². The third kappa shape index (κ3) is 4.36. The Labute approximate surface area is 172 Å². The maximum Gasteiger partial charge on any atom is 0.450 e. The van der Waals surface area contributed by atoms with Crippen LogP contribution in [0, 0.1) is 0 Å². The fourth-order valence-corrected chi connectivity index (χ4v) is 3.80. The summed E-state index contributed by atoms with van der Waals surface area (Å²) in [4.78, 5) is 14.3. The predicted octanol–water partition coefficient (Wildman–Crippen LogP) is 4.39. The molecule has 0 aliphatic carbocycles. The Balaban J connectivity index is 2.30. The Hall–Kier alpha value is -2.80. The van der Waals surface area contributed by atoms with E-state index in [0.717, 1.165) is 30.8 Å². The third-order valence-corrected chi connectivity index (χ3v) is 5.09. The largest absolute Gasteiger partial charge is 0.507 e. The predicted molar refractivity (Wildman–Crippen MR) is 110 cm³/mol. The van der Waals surface area contributed by atoms with E-state index < -0.39 is 22.9 Å². The van der Waals surface area contributed by atoms with Gasteiger partial charge in [0.15, 0.2) is 5.58 Å². The van der Waals surface area contributed by atoms with Gasteiger partial charge in [0.1, 0.15) is 12.3 Å². The SMILES string of the molecule is CCC[NH+](CCC)Cc1c(O)ccc2c(=O)c(-c3ccccc3)c(C(F)(F)F)oc12. The van der Waals surface area contributed by atoms with Crippen LogP contribution in [0.1, 0.15) is 38.0 Å². The summed E-state index contributed by atoms with van der Waals surface area (Å²) in [7, 11) is 0. The number of fused-ring (bicyclic) bond motifs is 1. The van der Waals surface area contributed by atoms with Crippen LogP contribution >= 0.6 is 0 Å². The zero-order chi connectivity index (χ0) is 21.9. The summed E-state index contributed by atoms with van der Waals surface area (Å²) >= 11 is 0. The molecule has 7 heteroatoms. The zero-order valence-corrected chi connectivity index (χ0v) is 17.0. The van der Waals surface area contributed by atoms with E-state index in [1.165, 1.54) is 24.3 Å². The fraction of sp³-hybridized carbons (Fsp3) is 0.348. The highest BCUT2D eigenvalue weighted by Crippen LogP contribution is 2.38. The molecule has 0 saturated heterocycles. The molecule has 0 amide bonds. The minimum atomic E-state index is -4.86. The maximum absolute atomic E-state index is 13.9. The molecule has 0 spiro atoms. The molecule has 0 aliphatic heterocycles. The van der Waals surface area contributed by atoms with Crippen molar-refractivity contribution in [1.29, 1.82) is 0 Å².